The highest BCUT2D eigenvalue weighted by molar-refractivity contribution is 5.13. The van der Waals surface area contributed by atoms with Gasteiger partial charge in [-0.3, -0.25) is 0 Å². The fraction of sp³-hybridized carbons (Fsp3) is 0.846. The summed E-state index contributed by atoms with van der Waals surface area (Å²) in [6.07, 6.45) is 4.04. The number of hydrogen-bond donors (Lipinski definition) is 1. The Morgan fingerprint density at radius 2 is 2.06 bits per heavy atom. The van der Waals surface area contributed by atoms with Gasteiger partial charge in [-0.1, -0.05) is 0 Å². The zero-order valence-electron chi connectivity index (χ0n) is 10.8. The summed E-state index contributed by atoms with van der Waals surface area (Å²) in [5.41, 5.74) is 0. The van der Waals surface area contributed by atoms with E-state index in [-0.39, 0.29) is 6.10 Å². The highest BCUT2D eigenvalue weighted by Gasteiger charge is 2.39. The zero-order chi connectivity index (χ0) is 12.1. The van der Waals surface area contributed by atoms with E-state index in [0.717, 1.165) is 43.7 Å². The molecule has 4 rings (SSSR count). The lowest BCUT2D eigenvalue weighted by Crippen LogP contribution is -2.36. The molecule has 1 saturated carbocycles. The quantitative estimate of drug-likeness (QED) is 0.855. The van der Waals surface area contributed by atoms with Gasteiger partial charge >= 0.3 is 0 Å². The summed E-state index contributed by atoms with van der Waals surface area (Å²) in [7, 11) is 0. The minimum Gasteiger partial charge on any atom is -0.378 e. The normalized spacial score (nSPS) is 35.7. The first-order valence-electron chi connectivity index (χ1n) is 7.12. The lowest BCUT2D eigenvalue weighted by atomic mass is 10.0. The standard InChI is InChI=1S/C13H20N4O/c1-8-10(4-7-18-8)12-15-16-13-11(9-2-3-9)14-5-6-17(12)13/h8-11,14H,2-7H2,1H3. The van der Waals surface area contributed by atoms with E-state index in [9.17, 15) is 0 Å². The molecule has 1 aromatic heterocycles. The highest BCUT2D eigenvalue weighted by Crippen LogP contribution is 2.42. The number of ether oxygens (including phenoxy) is 1. The zero-order valence-corrected chi connectivity index (χ0v) is 10.8. The molecular weight excluding hydrogens is 228 g/mol. The van der Waals surface area contributed by atoms with Gasteiger partial charge in [0.1, 0.15) is 5.82 Å². The van der Waals surface area contributed by atoms with Crippen molar-refractivity contribution in [1.29, 1.82) is 0 Å². The molecule has 5 nitrogen and oxygen atoms in total. The van der Waals surface area contributed by atoms with Crippen molar-refractivity contribution in [3.63, 3.8) is 0 Å². The van der Waals surface area contributed by atoms with Crippen molar-refractivity contribution in [2.45, 2.75) is 50.8 Å². The molecule has 0 bridgehead atoms. The molecule has 5 heteroatoms. The van der Waals surface area contributed by atoms with Gasteiger partial charge in [-0.05, 0) is 32.1 Å². The van der Waals surface area contributed by atoms with Gasteiger partial charge in [0.2, 0.25) is 0 Å². The molecule has 0 amide bonds. The SMILES string of the molecule is CC1OCCC1c1nnc2n1CCNC2C1CC1. The fourth-order valence-corrected chi connectivity index (χ4v) is 3.36. The van der Waals surface area contributed by atoms with E-state index in [4.69, 9.17) is 4.74 Å². The van der Waals surface area contributed by atoms with Crippen LogP contribution in [0.1, 0.15) is 49.8 Å². The van der Waals surface area contributed by atoms with Crippen LogP contribution in [0.2, 0.25) is 0 Å². The second-order valence-corrected chi connectivity index (χ2v) is 5.81. The molecule has 0 spiro atoms. The van der Waals surface area contributed by atoms with E-state index in [1.54, 1.807) is 0 Å². The third-order valence-electron chi connectivity index (χ3n) is 4.59. The minimum absolute atomic E-state index is 0.285. The van der Waals surface area contributed by atoms with Crippen molar-refractivity contribution >= 4 is 0 Å². The van der Waals surface area contributed by atoms with E-state index < -0.39 is 0 Å². The van der Waals surface area contributed by atoms with E-state index in [0.29, 0.717) is 12.0 Å². The number of nitrogens with zero attached hydrogens (tertiary/aromatic N) is 3. The van der Waals surface area contributed by atoms with Crippen molar-refractivity contribution in [2.24, 2.45) is 5.92 Å². The molecule has 3 aliphatic rings. The topological polar surface area (TPSA) is 52.0 Å². The predicted octanol–water partition coefficient (Wildman–Crippen LogP) is 1.22. The van der Waals surface area contributed by atoms with Gasteiger partial charge in [-0.15, -0.1) is 10.2 Å². The van der Waals surface area contributed by atoms with Crippen LogP contribution in [0.3, 0.4) is 0 Å². The van der Waals surface area contributed by atoms with Gasteiger partial charge in [0.15, 0.2) is 5.82 Å². The molecule has 0 radical (unpaired) electrons. The number of nitrogens with one attached hydrogen (secondary N) is 1. The number of rotatable bonds is 2. The summed E-state index contributed by atoms with van der Waals surface area (Å²) in [5, 5.41) is 12.6. The number of fused-ring (bicyclic) bond motifs is 1. The summed E-state index contributed by atoms with van der Waals surface area (Å²) in [4.78, 5) is 0. The minimum atomic E-state index is 0.285. The monoisotopic (exact) mass is 248 g/mol. The van der Waals surface area contributed by atoms with Crippen LogP contribution in [-0.4, -0.2) is 34.0 Å². The van der Waals surface area contributed by atoms with Crippen molar-refractivity contribution in [3.8, 4) is 0 Å². The summed E-state index contributed by atoms with van der Waals surface area (Å²) in [6, 6.07) is 0.442. The Hall–Kier alpha value is -0.940. The summed E-state index contributed by atoms with van der Waals surface area (Å²) >= 11 is 0. The van der Waals surface area contributed by atoms with Gasteiger partial charge in [0.05, 0.1) is 12.1 Å². The molecule has 1 N–H and O–H groups in total. The molecule has 1 aliphatic carbocycles. The molecule has 2 aliphatic heterocycles. The Balaban J connectivity index is 1.69. The molecule has 3 atom stereocenters. The molecule has 2 fully saturated rings. The highest BCUT2D eigenvalue weighted by atomic mass is 16.5. The smallest absolute Gasteiger partial charge is 0.150 e. The maximum Gasteiger partial charge on any atom is 0.150 e. The average Bonchev–Trinajstić information content (AvgIpc) is 3.01. The Kier molecular flexibility index (Phi) is 2.45. The molecular formula is C13H20N4O. The van der Waals surface area contributed by atoms with E-state index >= 15 is 0 Å². The van der Waals surface area contributed by atoms with E-state index in [1.165, 1.54) is 12.8 Å². The third-order valence-corrected chi connectivity index (χ3v) is 4.59. The molecule has 98 valence electrons. The van der Waals surface area contributed by atoms with Crippen LogP contribution in [-0.2, 0) is 11.3 Å². The Morgan fingerprint density at radius 1 is 1.22 bits per heavy atom. The predicted molar refractivity (Wildman–Crippen MR) is 66.3 cm³/mol. The Bertz CT molecular complexity index is 454. The maximum atomic E-state index is 5.67. The second-order valence-electron chi connectivity index (χ2n) is 5.81. The van der Waals surface area contributed by atoms with Crippen molar-refractivity contribution in [1.82, 2.24) is 20.1 Å². The molecule has 3 unspecified atom stereocenters. The molecule has 1 aromatic rings. The van der Waals surface area contributed by atoms with Gasteiger partial charge in [0, 0.05) is 25.6 Å². The van der Waals surface area contributed by atoms with Crippen LogP contribution < -0.4 is 5.32 Å². The van der Waals surface area contributed by atoms with Crippen LogP contribution in [0.5, 0.6) is 0 Å². The molecule has 3 heterocycles. The molecule has 1 saturated heterocycles. The van der Waals surface area contributed by atoms with Crippen molar-refractivity contribution in [3.05, 3.63) is 11.6 Å². The van der Waals surface area contributed by atoms with E-state index in [2.05, 4.69) is 27.0 Å². The summed E-state index contributed by atoms with van der Waals surface area (Å²) in [5.74, 6) is 3.54. The second kappa shape index (κ2) is 4.03. The van der Waals surface area contributed by atoms with Crippen LogP contribution in [0, 0.1) is 5.92 Å². The fourth-order valence-electron chi connectivity index (χ4n) is 3.36. The third kappa shape index (κ3) is 1.61. The Morgan fingerprint density at radius 3 is 2.78 bits per heavy atom. The van der Waals surface area contributed by atoms with Gasteiger partial charge in [-0.25, -0.2) is 0 Å². The van der Waals surface area contributed by atoms with Gasteiger partial charge in [0.25, 0.3) is 0 Å². The van der Waals surface area contributed by atoms with E-state index in [1.807, 2.05) is 0 Å². The summed E-state index contributed by atoms with van der Waals surface area (Å²) in [6.45, 7) is 5.06. The first-order valence-corrected chi connectivity index (χ1v) is 7.12. The molecule has 0 aromatic carbocycles. The molecule has 18 heavy (non-hydrogen) atoms. The number of aromatic nitrogens is 3. The van der Waals surface area contributed by atoms with Crippen molar-refractivity contribution < 1.29 is 4.74 Å². The van der Waals surface area contributed by atoms with Crippen LogP contribution >= 0.6 is 0 Å². The van der Waals surface area contributed by atoms with Gasteiger partial charge in [-0.2, -0.15) is 0 Å². The first kappa shape index (κ1) is 10.9. The summed E-state index contributed by atoms with van der Waals surface area (Å²) < 4.78 is 8.03. The van der Waals surface area contributed by atoms with Crippen molar-refractivity contribution in [2.75, 3.05) is 13.2 Å². The van der Waals surface area contributed by atoms with Crippen LogP contribution in [0.15, 0.2) is 0 Å². The lowest BCUT2D eigenvalue weighted by molar-refractivity contribution is 0.116. The maximum absolute atomic E-state index is 5.67. The number of hydrogen-bond acceptors (Lipinski definition) is 4. The van der Waals surface area contributed by atoms with Crippen LogP contribution in [0.4, 0.5) is 0 Å². The van der Waals surface area contributed by atoms with Gasteiger partial charge < -0.3 is 14.6 Å². The first-order chi connectivity index (χ1) is 8.84. The average molecular weight is 248 g/mol. The Labute approximate surface area is 107 Å². The largest absolute Gasteiger partial charge is 0.378 e. The lowest BCUT2D eigenvalue weighted by Gasteiger charge is -2.26. The van der Waals surface area contributed by atoms with Crippen LogP contribution in [0.25, 0.3) is 0 Å².